The smallest absolute Gasteiger partial charge is 0.510 e. The van der Waals surface area contributed by atoms with E-state index in [0.717, 1.165) is 55.9 Å². The summed E-state index contributed by atoms with van der Waals surface area (Å²) in [5.41, 5.74) is 0.569. The van der Waals surface area contributed by atoms with Crippen LogP contribution in [0, 0.1) is 40.9 Å². The molecule has 5 aliphatic carbocycles. The highest BCUT2D eigenvalue weighted by Gasteiger charge is 2.76. The maximum Gasteiger partial charge on any atom is 0.510 e. The molecule has 0 aromatic carbocycles. The van der Waals surface area contributed by atoms with E-state index in [1.165, 1.54) is 6.26 Å². The Morgan fingerprint density at radius 1 is 1.30 bits per heavy atom. The fourth-order valence-corrected chi connectivity index (χ4v) is 8.20. The fourth-order valence-electron chi connectivity index (χ4n) is 8.20. The van der Waals surface area contributed by atoms with Crippen LogP contribution in [0.3, 0.4) is 0 Å². The van der Waals surface area contributed by atoms with E-state index >= 15 is 0 Å². The Bertz CT molecular complexity index is 871. The van der Waals surface area contributed by atoms with Gasteiger partial charge >= 0.3 is 6.16 Å². The molecule has 0 aromatic heterocycles. The monoisotopic (exact) mass is 414 g/mol. The molecule has 6 heteroatoms. The summed E-state index contributed by atoms with van der Waals surface area (Å²) in [6.45, 7) is 2.13. The zero-order valence-electron chi connectivity index (χ0n) is 17.3. The third-order valence-electron chi connectivity index (χ3n) is 9.28. The lowest BCUT2D eigenvalue weighted by molar-refractivity contribution is -0.125. The van der Waals surface area contributed by atoms with Crippen molar-refractivity contribution in [1.29, 1.82) is 0 Å². The van der Waals surface area contributed by atoms with Crippen LogP contribution in [0.25, 0.3) is 0 Å². The summed E-state index contributed by atoms with van der Waals surface area (Å²) in [4.78, 5) is 22.8. The van der Waals surface area contributed by atoms with E-state index in [9.17, 15) is 19.8 Å². The summed E-state index contributed by atoms with van der Waals surface area (Å²) < 4.78 is 4.62. The minimum atomic E-state index is -1.37. The van der Waals surface area contributed by atoms with Crippen molar-refractivity contribution in [1.82, 2.24) is 0 Å². The van der Waals surface area contributed by atoms with Crippen LogP contribution >= 0.6 is 0 Å². The van der Waals surface area contributed by atoms with Gasteiger partial charge in [-0.3, -0.25) is 4.79 Å². The first-order chi connectivity index (χ1) is 14.4. The molecule has 4 fully saturated rings. The quantitative estimate of drug-likeness (QED) is 0.468. The van der Waals surface area contributed by atoms with Crippen LogP contribution in [0.1, 0.15) is 51.9 Å². The second-order valence-corrected chi connectivity index (χ2v) is 9.99. The van der Waals surface area contributed by atoms with Gasteiger partial charge in [-0.15, -0.1) is 0 Å². The van der Waals surface area contributed by atoms with Crippen molar-refractivity contribution >= 4 is 11.9 Å². The Labute approximate surface area is 176 Å². The fraction of sp³-hybridized carbons (Fsp3) is 0.667. The first kappa shape index (κ1) is 19.9. The minimum Gasteiger partial charge on any atom is -0.515 e. The van der Waals surface area contributed by atoms with Crippen molar-refractivity contribution in [2.75, 3.05) is 0 Å². The third-order valence-corrected chi connectivity index (χ3v) is 9.28. The van der Waals surface area contributed by atoms with Gasteiger partial charge in [-0.25, -0.2) is 4.79 Å². The van der Waals surface area contributed by atoms with Crippen LogP contribution in [-0.4, -0.2) is 32.9 Å². The summed E-state index contributed by atoms with van der Waals surface area (Å²) in [5.74, 6) is 2.20. The van der Waals surface area contributed by atoms with Crippen molar-refractivity contribution in [2.45, 2.75) is 57.5 Å². The van der Waals surface area contributed by atoms with Crippen molar-refractivity contribution < 1.29 is 29.6 Å². The standard InChI is InChI=1S/C24H30O6/c1-2-23-6-5-16-15-4-3-14(26)10-17(15)13(12-25)9-18(16)21(23)19-11-20(19)24(23,29)7-8-30-22(27)28/h7-8,10,12,15-16,18-21,25,29H,2-6,9,11H2,1H3,(H,27,28)/b8-7-,13-12?/t15-,16-,18-,19+,20-,21-,23+,24+/m1/s1. The van der Waals surface area contributed by atoms with Gasteiger partial charge in [0.05, 0.1) is 18.1 Å². The molecule has 0 saturated heterocycles. The number of carbonyl (C=O) groups excluding carboxylic acids is 1. The molecule has 0 radical (unpaired) electrons. The molecule has 162 valence electrons. The van der Waals surface area contributed by atoms with E-state index in [1.807, 2.05) is 0 Å². The molecule has 0 amide bonds. The molecule has 0 spiro atoms. The highest BCUT2D eigenvalue weighted by Crippen LogP contribution is 2.77. The van der Waals surface area contributed by atoms with Gasteiger partial charge < -0.3 is 20.1 Å². The summed E-state index contributed by atoms with van der Waals surface area (Å²) in [5, 5.41) is 30.7. The van der Waals surface area contributed by atoms with Gasteiger partial charge in [0, 0.05) is 11.8 Å². The lowest BCUT2D eigenvalue weighted by Gasteiger charge is -2.58. The Morgan fingerprint density at radius 2 is 2.10 bits per heavy atom. The second-order valence-electron chi connectivity index (χ2n) is 9.99. The van der Waals surface area contributed by atoms with E-state index in [2.05, 4.69) is 11.7 Å². The molecule has 4 saturated carbocycles. The maximum atomic E-state index is 12.0. The van der Waals surface area contributed by atoms with Crippen molar-refractivity contribution in [3.8, 4) is 0 Å². The van der Waals surface area contributed by atoms with Crippen LogP contribution in [0.5, 0.6) is 0 Å². The molecular weight excluding hydrogens is 384 g/mol. The molecular formula is C24H30O6. The molecule has 30 heavy (non-hydrogen) atoms. The zero-order chi connectivity index (χ0) is 21.3. The Morgan fingerprint density at radius 3 is 2.80 bits per heavy atom. The summed E-state index contributed by atoms with van der Waals surface area (Å²) in [6.07, 6.45) is 10.2. The van der Waals surface area contributed by atoms with Crippen LogP contribution in [0.2, 0.25) is 0 Å². The molecule has 0 bridgehead atoms. The molecule has 5 aliphatic rings. The number of hydrogen-bond acceptors (Lipinski definition) is 5. The van der Waals surface area contributed by atoms with Gasteiger partial charge in [0.2, 0.25) is 0 Å². The number of ether oxygens (including phenoxy) is 1. The first-order valence-corrected chi connectivity index (χ1v) is 11.2. The Hall–Kier alpha value is -2.08. The van der Waals surface area contributed by atoms with Gasteiger partial charge in [0.25, 0.3) is 0 Å². The third kappa shape index (κ3) is 2.52. The average molecular weight is 414 g/mol. The SMILES string of the molecule is CC[C@]12CC[C@H]3[C@@H](CC(=CO)C4=CC(=O)CC[C@@H]43)[C@@H]1[C@H]1C[C@H]1[C@@]2(O)/C=C\OC(=O)O. The zero-order valence-corrected chi connectivity index (χ0v) is 17.3. The molecule has 0 aliphatic heterocycles. The van der Waals surface area contributed by atoms with Gasteiger partial charge in [0.15, 0.2) is 5.78 Å². The van der Waals surface area contributed by atoms with Crippen LogP contribution in [0.4, 0.5) is 4.79 Å². The molecule has 8 atom stereocenters. The lowest BCUT2D eigenvalue weighted by atomic mass is 9.47. The predicted octanol–water partition coefficient (Wildman–Crippen LogP) is 4.37. The van der Waals surface area contributed by atoms with Crippen molar-refractivity contribution in [3.63, 3.8) is 0 Å². The molecule has 0 aromatic rings. The maximum absolute atomic E-state index is 12.0. The van der Waals surface area contributed by atoms with E-state index in [-0.39, 0.29) is 17.1 Å². The number of aliphatic hydroxyl groups excluding tert-OH is 1. The van der Waals surface area contributed by atoms with E-state index in [1.54, 1.807) is 12.2 Å². The number of carbonyl (C=O) groups is 2. The van der Waals surface area contributed by atoms with Crippen LogP contribution < -0.4 is 0 Å². The van der Waals surface area contributed by atoms with Gasteiger partial charge in [-0.2, -0.15) is 0 Å². The van der Waals surface area contributed by atoms with Crippen molar-refractivity contribution in [2.24, 2.45) is 40.9 Å². The summed E-state index contributed by atoms with van der Waals surface area (Å²) in [6, 6.07) is 0. The highest BCUT2D eigenvalue weighted by molar-refractivity contribution is 5.92. The Balaban J connectivity index is 1.52. The molecule has 3 N–H and O–H groups in total. The minimum absolute atomic E-state index is 0.140. The predicted molar refractivity (Wildman–Crippen MR) is 108 cm³/mol. The molecule has 6 nitrogen and oxygen atoms in total. The van der Waals surface area contributed by atoms with E-state index < -0.39 is 11.8 Å². The number of carboxylic acid groups (broad SMARTS) is 1. The number of hydrogen-bond donors (Lipinski definition) is 3. The van der Waals surface area contributed by atoms with Gasteiger partial charge in [-0.05, 0) is 97.3 Å². The van der Waals surface area contributed by atoms with Gasteiger partial charge in [0.1, 0.15) is 0 Å². The highest BCUT2D eigenvalue weighted by atomic mass is 16.7. The molecule has 0 unspecified atom stereocenters. The van der Waals surface area contributed by atoms with E-state index in [4.69, 9.17) is 5.11 Å². The normalized spacial score (nSPS) is 47.9. The van der Waals surface area contributed by atoms with Crippen LogP contribution in [0.15, 0.2) is 35.8 Å². The Kier molecular flexibility index (Phi) is 4.44. The van der Waals surface area contributed by atoms with Crippen LogP contribution in [-0.2, 0) is 9.53 Å². The number of rotatable bonds is 3. The first-order valence-electron chi connectivity index (χ1n) is 11.2. The number of aliphatic hydroxyl groups is 2. The topological polar surface area (TPSA) is 104 Å². The number of allylic oxidation sites excluding steroid dienone is 2. The van der Waals surface area contributed by atoms with E-state index in [0.29, 0.717) is 36.0 Å². The average Bonchev–Trinajstić information content (AvgIpc) is 3.48. The number of ketones is 1. The summed E-state index contributed by atoms with van der Waals surface area (Å²) >= 11 is 0. The van der Waals surface area contributed by atoms with Gasteiger partial charge in [-0.1, -0.05) is 6.92 Å². The largest absolute Gasteiger partial charge is 0.515 e. The lowest BCUT2D eigenvalue weighted by Crippen LogP contribution is -2.56. The molecule has 5 rings (SSSR count). The van der Waals surface area contributed by atoms with Crippen molar-refractivity contribution in [3.05, 3.63) is 35.8 Å². The second kappa shape index (κ2) is 6.71. The molecule has 0 heterocycles. The number of fused-ring (bicyclic) bond motifs is 7. The summed E-state index contributed by atoms with van der Waals surface area (Å²) in [7, 11) is 0.